The number of ketones is 1. The van der Waals surface area contributed by atoms with Gasteiger partial charge in [-0.2, -0.15) is 0 Å². The molecule has 0 spiro atoms. The molecule has 0 heterocycles. The molecule has 0 saturated carbocycles. The van der Waals surface area contributed by atoms with Gasteiger partial charge in [0, 0.05) is 6.42 Å². The van der Waals surface area contributed by atoms with Crippen LogP contribution in [-0.2, 0) is 4.79 Å². The van der Waals surface area contributed by atoms with Gasteiger partial charge >= 0.3 is 0 Å². The third-order valence-electron chi connectivity index (χ3n) is 1.78. The highest BCUT2D eigenvalue weighted by molar-refractivity contribution is 6.50. The number of hydrogen-bond acceptors (Lipinski definition) is 2. The fourth-order valence-corrected chi connectivity index (χ4v) is 1.64. The zero-order valence-electron chi connectivity index (χ0n) is 6.31. The number of hydrogen-bond donors (Lipinski definition) is 1. The van der Waals surface area contributed by atoms with Crippen molar-refractivity contribution < 1.29 is 9.90 Å². The van der Waals surface area contributed by atoms with Crippen molar-refractivity contribution >= 4 is 29.0 Å². The van der Waals surface area contributed by atoms with Gasteiger partial charge < -0.3 is 5.11 Å². The Bertz CT molecular complexity index is 270. The average Bonchev–Trinajstić information content (AvgIpc) is 2.17. The van der Waals surface area contributed by atoms with E-state index in [2.05, 4.69) is 6.58 Å². The van der Waals surface area contributed by atoms with Crippen molar-refractivity contribution in [3.63, 3.8) is 0 Å². The van der Waals surface area contributed by atoms with Gasteiger partial charge in [0.1, 0.15) is 10.6 Å². The molecular weight excluding hydrogens is 199 g/mol. The lowest BCUT2D eigenvalue weighted by Gasteiger charge is -2.19. The van der Waals surface area contributed by atoms with Crippen molar-refractivity contribution in [2.75, 3.05) is 0 Å². The Morgan fingerprint density at radius 2 is 2.25 bits per heavy atom. The molecule has 2 nitrogen and oxygen atoms in total. The molecule has 0 amide bonds. The first kappa shape index (κ1) is 9.78. The van der Waals surface area contributed by atoms with E-state index in [0.29, 0.717) is 0 Å². The summed E-state index contributed by atoms with van der Waals surface area (Å²) in [4.78, 5) is 11.0. The molecule has 0 fully saturated rings. The molecule has 0 aromatic rings. The van der Waals surface area contributed by atoms with Crippen LogP contribution in [0, 0.1) is 0 Å². The van der Waals surface area contributed by atoms with E-state index < -0.39 is 5.60 Å². The molecule has 1 aliphatic rings. The van der Waals surface area contributed by atoms with Crippen LogP contribution in [0.1, 0.15) is 12.8 Å². The van der Waals surface area contributed by atoms with Crippen LogP contribution in [0.4, 0.5) is 0 Å². The van der Waals surface area contributed by atoms with Gasteiger partial charge in [0.2, 0.25) is 0 Å². The Morgan fingerprint density at radius 3 is 2.58 bits per heavy atom. The first-order chi connectivity index (χ1) is 5.51. The molecule has 0 bridgehead atoms. The predicted molar refractivity (Wildman–Crippen MR) is 48.1 cm³/mol. The summed E-state index contributed by atoms with van der Waals surface area (Å²) in [7, 11) is 0. The number of carbonyl (C=O) groups is 1. The zero-order valence-corrected chi connectivity index (χ0v) is 7.82. The first-order valence-electron chi connectivity index (χ1n) is 3.43. The van der Waals surface area contributed by atoms with Crippen LogP contribution in [-0.4, -0.2) is 16.5 Å². The van der Waals surface area contributed by atoms with E-state index in [1.54, 1.807) is 0 Å². The van der Waals surface area contributed by atoms with Crippen molar-refractivity contribution in [1.82, 2.24) is 0 Å². The third-order valence-corrected chi connectivity index (χ3v) is 2.82. The maximum Gasteiger partial charge on any atom is 0.178 e. The third kappa shape index (κ3) is 1.42. The number of allylic oxidation sites excluding steroid dienone is 1. The zero-order chi connectivity index (χ0) is 9.35. The molecular formula is C8H8Cl2O2. The fraction of sp³-hybridized carbons (Fsp3) is 0.375. The summed E-state index contributed by atoms with van der Waals surface area (Å²) in [6.45, 7) is 3.46. The Morgan fingerprint density at radius 1 is 1.67 bits per heavy atom. The van der Waals surface area contributed by atoms with Crippen LogP contribution in [0.2, 0.25) is 0 Å². The molecule has 1 atom stereocenters. The summed E-state index contributed by atoms with van der Waals surface area (Å²) in [5.41, 5.74) is -1.31. The smallest absolute Gasteiger partial charge is 0.178 e. The van der Waals surface area contributed by atoms with E-state index in [1.165, 1.54) is 6.08 Å². The van der Waals surface area contributed by atoms with Gasteiger partial charge in [-0.3, -0.25) is 4.79 Å². The SMILES string of the molecule is C=CCC1(O)CC(=O)C(Cl)=C1Cl. The van der Waals surface area contributed by atoms with Crippen molar-refractivity contribution in [2.45, 2.75) is 18.4 Å². The predicted octanol–water partition coefficient (Wildman–Crippen LogP) is 1.96. The molecule has 1 N–H and O–H groups in total. The van der Waals surface area contributed by atoms with Crippen LogP contribution >= 0.6 is 23.2 Å². The van der Waals surface area contributed by atoms with Crippen molar-refractivity contribution in [2.24, 2.45) is 0 Å². The first-order valence-corrected chi connectivity index (χ1v) is 4.19. The monoisotopic (exact) mass is 206 g/mol. The summed E-state index contributed by atoms with van der Waals surface area (Å²) >= 11 is 11.2. The Labute approximate surface area is 80.5 Å². The lowest BCUT2D eigenvalue weighted by atomic mass is 9.99. The quantitative estimate of drug-likeness (QED) is 0.702. The highest BCUT2D eigenvalue weighted by Gasteiger charge is 2.41. The Hall–Kier alpha value is -0.310. The van der Waals surface area contributed by atoms with E-state index in [9.17, 15) is 9.90 Å². The van der Waals surface area contributed by atoms with Gasteiger partial charge in [0.05, 0.1) is 5.03 Å². The molecule has 0 saturated heterocycles. The van der Waals surface area contributed by atoms with E-state index in [0.717, 1.165) is 0 Å². The topological polar surface area (TPSA) is 37.3 Å². The average molecular weight is 207 g/mol. The highest BCUT2D eigenvalue weighted by atomic mass is 35.5. The number of rotatable bonds is 2. The molecule has 1 unspecified atom stereocenters. The molecule has 0 aliphatic heterocycles. The van der Waals surface area contributed by atoms with Crippen molar-refractivity contribution in [1.29, 1.82) is 0 Å². The van der Waals surface area contributed by atoms with E-state index >= 15 is 0 Å². The van der Waals surface area contributed by atoms with E-state index in [-0.39, 0.29) is 28.7 Å². The van der Waals surface area contributed by atoms with Crippen molar-refractivity contribution in [3.05, 3.63) is 22.7 Å². The molecule has 4 heteroatoms. The van der Waals surface area contributed by atoms with E-state index in [1.807, 2.05) is 0 Å². The lowest BCUT2D eigenvalue weighted by Crippen LogP contribution is -2.26. The molecule has 0 aromatic heterocycles. The van der Waals surface area contributed by atoms with Gasteiger partial charge in [-0.05, 0) is 6.42 Å². The second kappa shape index (κ2) is 3.21. The minimum absolute atomic E-state index is 0.0362. The van der Waals surface area contributed by atoms with Crippen LogP contribution in [0.5, 0.6) is 0 Å². The molecule has 66 valence electrons. The molecule has 1 aliphatic carbocycles. The maximum atomic E-state index is 11.0. The molecule has 1 rings (SSSR count). The van der Waals surface area contributed by atoms with Crippen LogP contribution < -0.4 is 0 Å². The Kier molecular flexibility index (Phi) is 2.61. The second-order valence-corrected chi connectivity index (χ2v) is 3.51. The second-order valence-electron chi connectivity index (χ2n) is 2.75. The molecule has 0 aromatic carbocycles. The van der Waals surface area contributed by atoms with E-state index in [4.69, 9.17) is 23.2 Å². The number of aliphatic hydroxyl groups is 1. The minimum Gasteiger partial charge on any atom is -0.383 e. The number of carbonyl (C=O) groups excluding carboxylic acids is 1. The summed E-state index contributed by atoms with van der Waals surface area (Å²) in [5, 5.41) is 9.72. The lowest BCUT2D eigenvalue weighted by molar-refractivity contribution is -0.116. The maximum absolute atomic E-state index is 11.0. The van der Waals surface area contributed by atoms with Crippen LogP contribution in [0.15, 0.2) is 22.7 Å². The van der Waals surface area contributed by atoms with Gasteiger partial charge in [-0.15, -0.1) is 6.58 Å². The summed E-state index contributed by atoms with van der Waals surface area (Å²) in [6.07, 6.45) is 1.70. The minimum atomic E-state index is -1.31. The van der Waals surface area contributed by atoms with Gasteiger partial charge in [-0.25, -0.2) is 0 Å². The van der Waals surface area contributed by atoms with Crippen molar-refractivity contribution in [3.8, 4) is 0 Å². The largest absolute Gasteiger partial charge is 0.383 e. The number of halogens is 2. The summed E-state index contributed by atoms with van der Waals surface area (Å²) < 4.78 is 0. The van der Waals surface area contributed by atoms with Gasteiger partial charge in [0.25, 0.3) is 0 Å². The van der Waals surface area contributed by atoms with Crippen LogP contribution in [0.25, 0.3) is 0 Å². The highest BCUT2D eigenvalue weighted by Crippen LogP contribution is 2.40. The number of Topliss-reactive ketones (excluding diaryl/α,β-unsaturated/α-hetero) is 1. The molecule has 0 radical (unpaired) electrons. The van der Waals surface area contributed by atoms with Crippen LogP contribution in [0.3, 0.4) is 0 Å². The normalized spacial score (nSPS) is 29.8. The van der Waals surface area contributed by atoms with Gasteiger partial charge in [-0.1, -0.05) is 29.3 Å². The summed E-state index contributed by atoms with van der Waals surface area (Å²) in [6, 6.07) is 0. The molecule has 12 heavy (non-hydrogen) atoms. The fourth-order valence-electron chi connectivity index (χ4n) is 1.15. The standard InChI is InChI=1S/C8H8Cl2O2/c1-2-3-8(12)4-5(11)6(9)7(8)10/h2,12H,1,3-4H2. The van der Waals surface area contributed by atoms with Gasteiger partial charge in [0.15, 0.2) is 5.78 Å². The Balaban J connectivity index is 2.99. The summed E-state index contributed by atoms with van der Waals surface area (Å²) in [5.74, 6) is -0.314.